The fourth-order valence-corrected chi connectivity index (χ4v) is 5.35. The van der Waals surface area contributed by atoms with Crippen LogP contribution >= 0.6 is 11.3 Å². The van der Waals surface area contributed by atoms with Crippen LogP contribution in [0.2, 0.25) is 0 Å². The number of para-hydroxylation sites is 1. The zero-order chi connectivity index (χ0) is 18.6. The van der Waals surface area contributed by atoms with E-state index in [0.29, 0.717) is 30.1 Å². The second kappa shape index (κ2) is 8.30. The van der Waals surface area contributed by atoms with E-state index < -0.39 is 10.0 Å². The van der Waals surface area contributed by atoms with Crippen LogP contribution < -0.4 is 10.0 Å². The molecule has 2 heterocycles. The number of thiophene rings is 1. The molecule has 1 aromatic carbocycles. The van der Waals surface area contributed by atoms with Crippen molar-refractivity contribution in [2.24, 2.45) is 0 Å². The summed E-state index contributed by atoms with van der Waals surface area (Å²) in [5.41, 5.74) is 0.781. The van der Waals surface area contributed by atoms with Gasteiger partial charge in [0.05, 0.1) is 6.04 Å². The molecule has 1 amide bonds. The summed E-state index contributed by atoms with van der Waals surface area (Å²) in [6, 6.07) is 12.4. The summed E-state index contributed by atoms with van der Waals surface area (Å²) < 4.78 is 27.7. The van der Waals surface area contributed by atoms with E-state index in [1.165, 1.54) is 11.3 Å². The highest BCUT2D eigenvalue weighted by atomic mass is 32.2. The number of hydrogen-bond donors (Lipinski definition) is 2. The van der Waals surface area contributed by atoms with E-state index in [0.717, 1.165) is 5.69 Å². The van der Waals surface area contributed by atoms with Crippen molar-refractivity contribution in [2.45, 2.75) is 36.1 Å². The molecule has 26 heavy (non-hydrogen) atoms. The van der Waals surface area contributed by atoms with Crippen molar-refractivity contribution in [3.05, 3.63) is 47.8 Å². The number of hydrogen-bond acceptors (Lipinski definition) is 5. The van der Waals surface area contributed by atoms with Crippen molar-refractivity contribution in [1.82, 2.24) is 9.62 Å². The third-order valence-electron chi connectivity index (χ3n) is 4.58. The minimum atomic E-state index is -3.44. The first-order valence-electron chi connectivity index (χ1n) is 8.61. The summed E-state index contributed by atoms with van der Waals surface area (Å²) in [7, 11) is -3.44. The lowest BCUT2D eigenvalue weighted by atomic mass is 10.0. The molecule has 3 rings (SSSR count). The van der Waals surface area contributed by atoms with Gasteiger partial charge in [-0.25, -0.2) is 13.1 Å². The summed E-state index contributed by atoms with van der Waals surface area (Å²) >= 11 is 1.21. The molecule has 2 aromatic rings. The van der Waals surface area contributed by atoms with E-state index in [9.17, 15) is 13.2 Å². The standard InChI is InChI=1S/C18H23N3O3S2/c1-14(18(22)19-15-6-3-2-4-7-15)21-11-9-16(10-12-21)20-26(23,24)17-8-5-13-25-17/h2-8,13-14,16,20H,9-12H2,1H3,(H,19,22). The number of nitrogens with one attached hydrogen (secondary N) is 2. The van der Waals surface area contributed by atoms with Crippen molar-refractivity contribution >= 4 is 33.0 Å². The monoisotopic (exact) mass is 393 g/mol. The molecule has 0 radical (unpaired) electrons. The highest BCUT2D eigenvalue weighted by Gasteiger charge is 2.29. The molecule has 2 N–H and O–H groups in total. The average molecular weight is 394 g/mol. The van der Waals surface area contributed by atoms with E-state index >= 15 is 0 Å². The highest BCUT2D eigenvalue weighted by molar-refractivity contribution is 7.91. The SMILES string of the molecule is CC(C(=O)Nc1ccccc1)N1CCC(NS(=O)(=O)c2cccs2)CC1. The average Bonchev–Trinajstić information content (AvgIpc) is 3.18. The molecule has 0 saturated carbocycles. The summed E-state index contributed by atoms with van der Waals surface area (Å²) in [6.07, 6.45) is 1.38. The fraction of sp³-hybridized carbons (Fsp3) is 0.389. The molecule has 1 saturated heterocycles. The molecule has 1 unspecified atom stereocenters. The summed E-state index contributed by atoms with van der Waals surface area (Å²) in [5.74, 6) is -0.0474. The number of sulfonamides is 1. The van der Waals surface area contributed by atoms with E-state index in [-0.39, 0.29) is 18.0 Å². The molecule has 1 aliphatic rings. The van der Waals surface area contributed by atoms with Crippen molar-refractivity contribution in [1.29, 1.82) is 0 Å². The van der Waals surface area contributed by atoms with Crippen molar-refractivity contribution in [3.8, 4) is 0 Å². The van der Waals surface area contributed by atoms with Crippen LogP contribution in [0.5, 0.6) is 0 Å². The third kappa shape index (κ3) is 4.70. The molecule has 1 aromatic heterocycles. The Morgan fingerprint density at radius 3 is 2.46 bits per heavy atom. The highest BCUT2D eigenvalue weighted by Crippen LogP contribution is 2.20. The summed E-state index contributed by atoms with van der Waals surface area (Å²) in [6.45, 7) is 3.25. The Bertz CT molecular complexity index is 815. The summed E-state index contributed by atoms with van der Waals surface area (Å²) in [5, 5.41) is 4.67. The van der Waals surface area contributed by atoms with Crippen molar-refractivity contribution < 1.29 is 13.2 Å². The van der Waals surface area contributed by atoms with Crippen molar-refractivity contribution in [2.75, 3.05) is 18.4 Å². The number of benzene rings is 1. The molecule has 8 heteroatoms. The van der Waals surface area contributed by atoms with Gasteiger partial charge < -0.3 is 5.32 Å². The number of rotatable bonds is 6. The van der Waals surface area contributed by atoms with Gasteiger partial charge in [-0.3, -0.25) is 9.69 Å². The van der Waals surface area contributed by atoms with Gasteiger partial charge in [0.15, 0.2) is 0 Å². The predicted octanol–water partition coefficient (Wildman–Crippen LogP) is 2.52. The molecule has 0 bridgehead atoms. The quantitative estimate of drug-likeness (QED) is 0.790. The Kier molecular flexibility index (Phi) is 6.08. The number of piperidine rings is 1. The largest absolute Gasteiger partial charge is 0.325 e. The maximum absolute atomic E-state index is 12.4. The molecule has 1 aliphatic heterocycles. The first kappa shape index (κ1) is 19.0. The Labute approximate surface area is 158 Å². The second-order valence-electron chi connectivity index (χ2n) is 6.39. The van der Waals surface area contributed by atoms with Crippen LogP contribution in [0.4, 0.5) is 5.69 Å². The lowest BCUT2D eigenvalue weighted by Crippen LogP contribution is -2.50. The number of amides is 1. The zero-order valence-corrected chi connectivity index (χ0v) is 16.2. The van der Waals surface area contributed by atoms with Crippen molar-refractivity contribution in [3.63, 3.8) is 0 Å². The lowest BCUT2D eigenvalue weighted by Gasteiger charge is -2.35. The minimum Gasteiger partial charge on any atom is -0.325 e. The van der Waals surface area contributed by atoms with Crippen LogP contribution in [0.25, 0.3) is 0 Å². The topological polar surface area (TPSA) is 78.5 Å². The smallest absolute Gasteiger partial charge is 0.250 e. The van der Waals surface area contributed by atoms with E-state index in [4.69, 9.17) is 0 Å². The molecule has 6 nitrogen and oxygen atoms in total. The van der Waals surface area contributed by atoms with Crippen LogP contribution in [-0.2, 0) is 14.8 Å². The lowest BCUT2D eigenvalue weighted by molar-refractivity contribution is -0.121. The number of likely N-dealkylation sites (tertiary alicyclic amines) is 1. The Balaban J connectivity index is 1.51. The maximum Gasteiger partial charge on any atom is 0.250 e. The Morgan fingerprint density at radius 2 is 1.85 bits per heavy atom. The normalized spacial score (nSPS) is 17.7. The van der Waals surface area contributed by atoms with Gasteiger partial charge in [0.1, 0.15) is 4.21 Å². The van der Waals surface area contributed by atoms with Crippen LogP contribution in [-0.4, -0.2) is 44.4 Å². The molecular weight excluding hydrogens is 370 g/mol. The molecule has 0 spiro atoms. The Hall–Kier alpha value is -1.74. The molecular formula is C18H23N3O3S2. The predicted molar refractivity (Wildman–Crippen MR) is 104 cm³/mol. The first-order chi connectivity index (χ1) is 12.5. The van der Waals surface area contributed by atoms with Gasteiger partial charge >= 0.3 is 0 Å². The molecule has 140 valence electrons. The summed E-state index contributed by atoms with van der Waals surface area (Å²) in [4.78, 5) is 14.5. The van der Waals surface area contributed by atoms with E-state index in [1.54, 1.807) is 17.5 Å². The molecule has 1 atom stereocenters. The van der Waals surface area contributed by atoms with E-state index in [1.807, 2.05) is 37.3 Å². The fourth-order valence-electron chi connectivity index (χ4n) is 3.03. The van der Waals surface area contributed by atoms with Gasteiger partial charge in [-0.05, 0) is 43.3 Å². The van der Waals surface area contributed by atoms with Crippen LogP contribution in [0.1, 0.15) is 19.8 Å². The third-order valence-corrected chi connectivity index (χ3v) is 7.50. The first-order valence-corrected chi connectivity index (χ1v) is 11.0. The van der Waals surface area contributed by atoms with Gasteiger partial charge in [0.25, 0.3) is 0 Å². The zero-order valence-electron chi connectivity index (χ0n) is 14.6. The van der Waals surface area contributed by atoms with E-state index in [2.05, 4.69) is 14.9 Å². The van der Waals surface area contributed by atoms with Gasteiger partial charge in [0, 0.05) is 24.8 Å². The number of nitrogens with zero attached hydrogens (tertiary/aromatic N) is 1. The molecule has 0 aliphatic carbocycles. The minimum absolute atomic E-state index is 0.0474. The van der Waals surface area contributed by atoms with Crippen LogP contribution in [0.3, 0.4) is 0 Å². The van der Waals surface area contributed by atoms with Gasteiger partial charge in [-0.2, -0.15) is 0 Å². The Morgan fingerprint density at radius 1 is 1.15 bits per heavy atom. The van der Waals surface area contributed by atoms with Crippen LogP contribution in [0, 0.1) is 0 Å². The maximum atomic E-state index is 12.4. The van der Waals surface area contributed by atoms with Gasteiger partial charge in [-0.1, -0.05) is 24.3 Å². The van der Waals surface area contributed by atoms with Crippen LogP contribution in [0.15, 0.2) is 52.1 Å². The number of anilines is 1. The van der Waals surface area contributed by atoms with Gasteiger partial charge in [-0.15, -0.1) is 11.3 Å². The molecule has 1 fully saturated rings. The second-order valence-corrected chi connectivity index (χ2v) is 9.28. The van der Waals surface area contributed by atoms with Gasteiger partial charge in [0.2, 0.25) is 15.9 Å². The number of carbonyl (C=O) groups is 1. The number of carbonyl (C=O) groups excluding carboxylic acids is 1.